The van der Waals surface area contributed by atoms with Gasteiger partial charge in [0, 0.05) is 37.3 Å². The van der Waals surface area contributed by atoms with E-state index in [2.05, 4.69) is 10.6 Å². The van der Waals surface area contributed by atoms with Crippen LogP contribution >= 0.6 is 35.0 Å². The first-order chi connectivity index (χ1) is 18.4. The van der Waals surface area contributed by atoms with Crippen LogP contribution in [-0.2, 0) is 4.79 Å². The summed E-state index contributed by atoms with van der Waals surface area (Å²) in [6.45, 7) is 0. The average Bonchev–Trinajstić information content (AvgIpc) is 2.94. The fourth-order valence-corrected chi connectivity index (χ4v) is 4.81. The van der Waals surface area contributed by atoms with Crippen molar-refractivity contribution in [2.24, 2.45) is 0 Å². The van der Waals surface area contributed by atoms with Crippen molar-refractivity contribution in [3.63, 3.8) is 0 Å². The fraction of sp³-hybridized carbons (Fsp3) is 0.0333. The molecule has 38 heavy (non-hydrogen) atoms. The number of rotatable bonds is 9. The molecule has 0 atom stereocenters. The lowest BCUT2D eigenvalue weighted by molar-refractivity contribution is -0.113. The van der Waals surface area contributed by atoms with Gasteiger partial charge in [0.15, 0.2) is 5.78 Å². The number of anilines is 1. The molecule has 0 aromatic heterocycles. The van der Waals surface area contributed by atoms with E-state index in [0.717, 1.165) is 4.90 Å². The standard InChI is InChI=1S/C30H22Cl2N2O3S/c31-25-15-8-16-26(32)24(25)18-27(34-29(36)21-11-5-2-6-12-21)30(37)33-22-13-7-14-23(17-22)38-19-28(35)20-9-3-1-4-10-20/h1-18H,19H2,(H,33,37)(H,34,36)/b27-18-. The van der Waals surface area contributed by atoms with E-state index in [1.54, 1.807) is 78.9 Å². The third kappa shape index (κ3) is 7.35. The summed E-state index contributed by atoms with van der Waals surface area (Å²) in [5, 5.41) is 6.15. The quantitative estimate of drug-likeness (QED) is 0.127. The normalized spacial score (nSPS) is 11.1. The molecule has 0 saturated heterocycles. The van der Waals surface area contributed by atoms with Crippen LogP contribution in [0.4, 0.5) is 5.69 Å². The summed E-state index contributed by atoms with van der Waals surface area (Å²) in [6, 6.07) is 29.7. The summed E-state index contributed by atoms with van der Waals surface area (Å²) in [5.41, 5.74) is 1.89. The van der Waals surface area contributed by atoms with E-state index in [0.29, 0.717) is 32.4 Å². The molecule has 2 amide bonds. The Balaban J connectivity index is 1.53. The Hall–Kier alpha value is -3.84. The highest BCUT2D eigenvalue weighted by Crippen LogP contribution is 2.27. The number of nitrogens with one attached hydrogen (secondary N) is 2. The van der Waals surface area contributed by atoms with Gasteiger partial charge >= 0.3 is 0 Å². The van der Waals surface area contributed by atoms with Crippen LogP contribution in [0.3, 0.4) is 0 Å². The van der Waals surface area contributed by atoms with Crippen LogP contribution in [-0.4, -0.2) is 23.4 Å². The second kappa shape index (κ2) is 13.1. The number of ketones is 1. The molecule has 4 rings (SSSR count). The van der Waals surface area contributed by atoms with Crippen molar-refractivity contribution in [2.45, 2.75) is 4.90 Å². The lowest BCUT2D eigenvalue weighted by Crippen LogP contribution is -2.30. The maximum atomic E-state index is 13.3. The second-order valence-corrected chi connectivity index (χ2v) is 9.94. The van der Waals surface area contributed by atoms with Crippen LogP contribution in [0.1, 0.15) is 26.3 Å². The van der Waals surface area contributed by atoms with Gasteiger partial charge in [-0.05, 0) is 48.5 Å². The van der Waals surface area contributed by atoms with E-state index in [9.17, 15) is 14.4 Å². The summed E-state index contributed by atoms with van der Waals surface area (Å²) in [6.07, 6.45) is 1.44. The Morgan fingerprint density at radius 1 is 0.737 bits per heavy atom. The molecule has 0 unspecified atom stereocenters. The molecule has 0 heterocycles. The Morgan fingerprint density at radius 2 is 1.34 bits per heavy atom. The van der Waals surface area contributed by atoms with Gasteiger partial charge < -0.3 is 10.6 Å². The summed E-state index contributed by atoms with van der Waals surface area (Å²) in [4.78, 5) is 39.5. The molecular formula is C30H22Cl2N2O3S. The predicted molar refractivity (Wildman–Crippen MR) is 155 cm³/mol. The molecule has 0 fully saturated rings. The van der Waals surface area contributed by atoms with Gasteiger partial charge in [-0.15, -0.1) is 11.8 Å². The zero-order valence-corrected chi connectivity index (χ0v) is 22.3. The number of carbonyl (C=O) groups is 3. The van der Waals surface area contributed by atoms with Crippen LogP contribution in [0.25, 0.3) is 6.08 Å². The van der Waals surface area contributed by atoms with E-state index < -0.39 is 11.8 Å². The molecule has 0 saturated carbocycles. The first-order valence-corrected chi connectivity index (χ1v) is 13.3. The largest absolute Gasteiger partial charge is 0.321 e. The highest BCUT2D eigenvalue weighted by molar-refractivity contribution is 8.00. The van der Waals surface area contributed by atoms with Crippen molar-refractivity contribution >= 4 is 64.3 Å². The number of halogens is 2. The topological polar surface area (TPSA) is 75.3 Å². The van der Waals surface area contributed by atoms with Crippen molar-refractivity contribution < 1.29 is 14.4 Å². The van der Waals surface area contributed by atoms with Gasteiger partial charge in [0.25, 0.3) is 11.8 Å². The Morgan fingerprint density at radius 3 is 2.00 bits per heavy atom. The Bertz CT molecular complexity index is 1470. The molecule has 0 bridgehead atoms. The van der Waals surface area contributed by atoms with E-state index in [1.165, 1.54) is 17.8 Å². The van der Waals surface area contributed by atoms with E-state index in [1.807, 2.05) is 24.3 Å². The molecule has 4 aromatic carbocycles. The molecule has 5 nitrogen and oxygen atoms in total. The van der Waals surface area contributed by atoms with E-state index in [-0.39, 0.29) is 17.2 Å². The van der Waals surface area contributed by atoms with Crippen molar-refractivity contribution in [2.75, 3.05) is 11.1 Å². The summed E-state index contributed by atoms with van der Waals surface area (Å²) >= 11 is 14.0. The van der Waals surface area contributed by atoms with E-state index >= 15 is 0 Å². The smallest absolute Gasteiger partial charge is 0.272 e. The van der Waals surface area contributed by atoms with Crippen LogP contribution in [0.2, 0.25) is 10.0 Å². The summed E-state index contributed by atoms with van der Waals surface area (Å²) in [7, 11) is 0. The summed E-state index contributed by atoms with van der Waals surface area (Å²) < 4.78 is 0. The highest BCUT2D eigenvalue weighted by Gasteiger charge is 2.17. The first-order valence-electron chi connectivity index (χ1n) is 11.6. The fourth-order valence-electron chi connectivity index (χ4n) is 3.45. The third-order valence-corrected chi connectivity index (χ3v) is 7.03. The highest BCUT2D eigenvalue weighted by atomic mass is 35.5. The molecule has 8 heteroatoms. The molecule has 0 aliphatic rings. The van der Waals surface area contributed by atoms with Gasteiger partial charge in [-0.2, -0.15) is 0 Å². The minimum atomic E-state index is -0.562. The second-order valence-electron chi connectivity index (χ2n) is 8.07. The number of hydrogen-bond acceptors (Lipinski definition) is 4. The molecule has 0 aliphatic heterocycles. The zero-order valence-electron chi connectivity index (χ0n) is 20.0. The molecule has 0 aliphatic carbocycles. The maximum absolute atomic E-state index is 13.3. The predicted octanol–water partition coefficient (Wildman–Crippen LogP) is 7.38. The lowest BCUT2D eigenvalue weighted by atomic mass is 10.1. The monoisotopic (exact) mass is 560 g/mol. The first kappa shape index (κ1) is 27.2. The van der Waals surface area contributed by atoms with Gasteiger partial charge in [0.2, 0.25) is 0 Å². The van der Waals surface area contributed by atoms with Crippen LogP contribution < -0.4 is 10.6 Å². The van der Waals surface area contributed by atoms with Gasteiger partial charge in [-0.1, -0.05) is 83.9 Å². The van der Waals surface area contributed by atoms with Crippen LogP contribution in [0.5, 0.6) is 0 Å². The van der Waals surface area contributed by atoms with E-state index in [4.69, 9.17) is 23.2 Å². The lowest BCUT2D eigenvalue weighted by Gasteiger charge is -2.13. The zero-order chi connectivity index (χ0) is 26.9. The Kier molecular flexibility index (Phi) is 9.38. The van der Waals surface area contributed by atoms with Crippen molar-refractivity contribution in [3.8, 4) is 0 Å². The van der Waals surface area contributed by atoms with Gasteiger partial charge in [0.05, 0.1) is 5.75 Å². The van der Waals surface area contributed by atoms with Crippen molar-refractivity contribution in [1.29, 1.82) is 0 Å². The summed E-state index contributed by atoms with van der Waals surface area (Å²) in [5.74, 6) is -0.757. The van der Waals surface area contributed by atoms with Crippen LogP contribution in [0, 0.1) is 0 Å². The molecule has 4 aromatic rings. The molecule has 0 radical (unpaired) electrons. The Labute approximate surface area is 234 Å². The number of thioether (sulfide) groups is 1. The van der Waals surface area contributed by atoms with Gasteiger partial charge in [-0.25, -0.2) is 0 Å². The molecule has 190 valence electrons. The maximum Gasteiger partial charge on any atom is 0.272 e. The van der Waals surface area contributed by atoms with Gasteiger partial charge in [0.1, 0.15) is 5.70 Å². The third-order valence-electron chi connectivity index (χ3n) is 5.37. The SMILES string of the molecule is O=C(Nc1cccc(SCC(=O)c2ccccc2)c1)/C(=C/c1c(Cl)cccc1Cl)NC(=O)c1ccccc1. The number of amides is 2. The number of benzene rings is 4. The minimum absolute atomic E-state index is 0.00972. The van der Waals surface area contributed by atoms with Gasteiger partial charge in [-0.3, -0.25) is 14.4 Å². The van der Waals surface area contributed by atoms with Crippen molar-refractivity contribution in [3.05, 3.63) is 136 Å². The number of Topliss-reactive ketones (excluding diaryl/α,β-unsaturated/α-hetero) is 1. The average molecular weight is 561 g/mol. The molecular weight excluding hydrogens is 539 g/mol. The van der Waals surface area contributed by atoms with Crippen LogP contribution in [0.15, 0.2) is 114 Å². The molecule has 0 spiro atoms. The van der Waals surface area contributed by atoms with Crippen molar-refractivity contribution in [1.82, 2.24) is 5.32 Å². The minimum Gasteiger partial charge on any atom is -0.321 e. The molecule has 2 N–H and O–H groups in total. The number of carbonyl (C=O) groups excluding carboxylic acids is 3. The number of hydrogen-bond donors (Lipinski definition) is 2.